The fourth-order valence-corrected chi connectivity index (χ4v) is 1.26. The lowest BCUT2D eigenvalue weighted by molar-refractivity contribution is 0.0825. The minimum Gasteiger partial charge on any atom is -0.295 e. The van der Waals surface area contributed by atoms with Crippen LogP contribution in [0.2, 0.25) is 0 Å². The number of hydrogen-bond donors (Lipinski definition) is 0. The van der Waals surface area contributed by atoms with Crippen molar-refractivity contribution in [1.82, 2.24) is 4.90 Å². The van der Waals surface area contributed by atoms with Crippen LogP contribution in [-0.2, 0) is 0 Å². The van der Waals surface area contributed by atoms with E-state index in [0.29, 0.717) is 12.2 Å². The molecule has 1 aromatic carbocycles. The maximum Gasteiger partial charge on any atom is 0.259 e. The van der Waals surface area contributed by atoms with Gasteiger partial charge in [-0.2, -0.15) is 0 Å². The van der Waals surface area contributed by atoms with E-state index in [9.17, 15) is 4.79 Å². The summed E-state index contributed by atoms with van der Waals surface area (Å²) < 4.78 is 0. The van der Waals surface area contributed by atoms with Crippen LogP contribution in [0, 0.1) is 0 Å². The highest BCUT2D eigenvalue weighted by Crippen LogP contribution is 2.06. The highest BCUT2D eigenvalue weighted by molar-refractivity contribution is 5.95. The van der Waals surface area contributed by atoms with Crippen LogP contribution in [0.15, 0.2) is 47.6 Å². The number of allylic oxidation sites excluding steroid dienone is 1. The first-order valence-corrected chi connectivity index (χ1v) is 4.40. The standard InChI is InChI=1S/C11H10N2O/c14-11(10-5-2-1-3-6-10)13-8-4-7-12-9-13/h1-8H,9H2. The molecular formula is C11H10N2O. The fraction of sp³-hybridized carbons (Fsp3) is 0.0909. The van der Waals surface area contributed by atoms with E-state index in [4.69, 9.17) is 0 Å². The van der Waals surface area contributed by atoms with Crippen LogP contribution in [0.3, 0.4) is 0 Å². The lowest BCUT2D eigenvalue weighted by atomic mass is 10.2. The van der Waals surface area contributed by atoms with Gasteiger partial charge in [0.15, 0.2) is 0 Å². The van der Waals surface area contributed by atoms with E-state index in [-0.39, 0.29) is 5.91 Å². The molecule has 0 bridgehead atoms. The van der Waals surface area contributed by atoms with E-state index in [0.717, 1.165) is 0 Å². The molecule has 0 N–H and O–H groups in total. The second kappa shape index (κ2) is 3.87. The van der Waals surface area contributed by atoms with E-state index in [1.165, 1.54) is 0 Å². The predicted molar refractivity (Wildman–Crippen MR) is 55.1 cm³/mol. The SMILES string of the molecule is O=C(c1ccccc1)N1C=CC=NC1. The number of aliphatic imine (C=N–C) groups is 1. The van der Waals surface area contributed by atoms with Crippen molar-refractivity contribution < 1.29 is 4.79 Å². The van der Waals surface area contributed by atoms with Gasteiger partial charge in [-0.1, -0.05) is 18.2 Å². The number of nitrogens with zero attached hydrogens (tertiary/aromatic N) is 2. The van der Waals surface area contributed by atoms with Crippen LogP contribution in [0.4, 0.5) is 0 Å². The Morgan fingerprint density at radius 3 is 2.71 bits per heavy atom. The first-order valence-electron chi connectivity index (χ1n) is 4.40. The van der Waals surface area contributed by atoms with Crippen molar-refractivity contribution in [1.29, 1.82) is 0 Å². The predicted octanol–water partition coefficient (Wildman–Crippen LogP) is 1.68. The van der Waals surface area contributed by atoms with Gasteiger partial charge in [-0.3, -0.25) is 14.7 Å². The van der Waals surface area contributed by atoms with E-state index >= 15 is 0 Å². The molecule has 0 saturated heterocycles. The number of amides is 1. The van der Waals surface area contributed by atoms with Crippen molar-refractivity contribution in [3.05, 3.63) is 48.2 Å². The average molecular weight is 186 g/mol. The zero-order chi connectivity index (χ0) is 9.80. The average Bonchev–Trinajstić information content (AvgIpc) is 2.30. The highest BCUT2D eigenvalue weighted by Gasteiger charge is 2.12. The number of rotatable bonds is 1. The van der Waals surface area contributed by atoms with Crippen LogP contribution >= 0.6 is 0 Å². The van der Waals surface area contributed by atoms with E-state index in [1.807, 2.05) is 18.2 Å². The van der Waals surface area contributed by atoms with E-state index in [2.05, 4.69) is 4.99 Å². The van der Waals surface area contributed by atoms with Crippen molar-refractivity contribution in [2.24, 2.45) is 4.99 Å². The minimum atomic E-state index is -0.0151. The van der Waals surface area contributed by atoms with Gasteiger partial charge in [0.25, 0.3) is 5.91 Å². The molecule has 1 amide bonds. The number of carbonyl (C=O) groups is 1. The third kappa shape index (κ3) is 1.71. The summed E-state index contributed by atoms with van der Waals surface area (Å²) in [5.41, 5.74) is 0.689. The van der Waals surface area contributed by atoms with E-state index < -0.39 is 0 Å². The largest absolute Gasteiger partial charge is 0.295 e. The fourth-order valence-electron chi connectivity index (χ4n) is 1.26. The summed E-state index contributed by atoms with van der Waals surface area (Å²) in [6, 6.07) is 9.19. The molecule has 0 fully saturated rings. The monoisotopic (exact) mass is 186 g/mol. The summed E-state index contributed by atoms with van der Waals surface area (Å²) in [6.07, 6.45) is 5.18. The Bertz CT molecular complexity index is 382. The topological polar surface area (TPSA) is 32.7 Å². The quantitative estimate of drug-likeness (QED) is 0.656. The smallest absolute Gasteiger partial charge is 0.259 e. The molecule has 0 aromatic heterocycles. The van der Waals surface area contributed by atoms with Gasteiger partial charge in [-0.15, -0.1) is 0 Å². The van der Waals surface area contributed by atoms with Gasteiger partial charge in [-0.25, -0.2) is 0 Å². The number of hydrogen-bond acceptors (Lipinski definition) is 2. The van der Waals surface area contributed by atoms with Crippen molar-refractivity contribution in [2.45, 2.75) is 0 Å². The summed E-state index contributed by atoms with van der Waals surface area (Å²) in [6.45, 7) is 0.407. The van der Waals surface area contributed by atoms with Gasteiger partial charge in [-0.05, 0) is 18.2 Å². The molecule has 1 aliphatic rings. The second-order valence-electron chi connectivity index (χ2n) is 2.96. The summed E-state index contributed by atoms with van der Waals surface area (Å²) >= 11 is 0. The molecule has 1 aliphatic heterocycles. The van der Waals surface area contributed by atoms with Crippen LogP contribution in [0.5, 0.6) is 0 Å². The molecule has 0 spiro atoms. The molecule has 0 aliphatic carbocycles. The second-order valence-corrected chi connectivity index (χ2v) is 2.96. The van der Waals surface area contributed by atoms with Gasteiger partial charge in [0, 0.05) is 18.0 Å². The Morgan fingerprint density at radius 2 is 2.07 bits per heavy atom. The van der Waals surface area contributed by atoms with Crippen molar-refractivity contribution >= 4 is 12.1 Å². The lowest BCUT2D eigenvalue weighted by Crippen LogP contribution is -2.27. The highest BCUT2D eigenvalue weighted by atomic mass is 16.2. The third-order valence-corrected chi connectivity index (χ3v) is 1.97. The Morgan fingerprint density at radius 1 is 1.29 bits per heavy atom. The molecule has 70 valence electrons. The van der Waals surface area contributed by atoms with Crippen LogP contribution in [0.25, 0.3) is 0 Å². The molecule has 0 atom stereocenters. The Labute approximate surface area is 82.4 Å². The zero-order valence-corrected chi connectivity index (χ0v) is 7.63. The normalized spacial score (nSPS) is 14.4. The zero-order valence-electron chi connectivity index (χ0n) is 7.63. The van der Waals surface area contributed by atoms with Crippen molar-refractivity contribution in [3.8, 4) is 0 Å². The van der Waals surface area contributed by atoms with Gasteiger partial charge in [0.2, 0.25) is 0 Å². The van der Waals surface area contributed by atoms with Gasteiger partial charge >= 0.3 is 0 Å². The molecule has 1 heterocycles. The molecule has 0 radical (unpaired) electrons. The maximum absolute atomic E-state index is 11.8. The first-order chi connectivity index (χ1) is 6.88. The third-order valence-electron chi connectivity index (χ3n) is 1.97. The lowest BCUT2D eigenvalue weighted by Gasteiger charge is -2.17. The number of benzene rings is 1. The molecule has 0 saturated carbocycles. The summed E-state index contributed by atoms with van der Waals surface area (Å²) in [5.74, 6) is -0.0151. The molecule has 3 heteroatoms. The molecule has 14 heavy (non-hydrogen) atoms. The molecule has 1 aromatic rings. The van der Waals surface area contributed by atoms with Crippen molar-refractivity contribution in [2.75, 3.05) is 6.67 Å². The molecule has 0 unspecified atom stereocenters. The maximum atomic E-state index is 11.8. The summed E-state index contributed by atoms with van der Waals surface area (Å²) in [5, 5.41) is 0. The van der Waals surface area contributed by atoms with Gasteiger partial charge in [0.1, 0.15) is 6.67 Å². The summed E-state index contributed by atoms with van der Waals surface area (Å²) in [7, 11) is 0. The Balaban J connectivity index is 2.17. The molecular weight excluding hydrogens is 176 g/mol. The minimum absolute atomic E-state index is 0.0151. The Kier molecular flexibility index (Phi) is 2.40. The van der Waals surface area contributed by atoms with Crippen molar-refractivity contribution in [3.63, 3.8) is 0 Å². The van der Waals surface area contributed by atoms with Crippen LogP contribution in [0.1, 0.15) is 10.4 Å². The van der Waals surface area contributed by atoms with Gasteiger partial charge < -0.3 is 0 Å². The van der Waals surface area contributed by atoms with Gasteiger partial charge in [0.05, 0.1) is 0 Å². The first kappa shape index (κ1) is 8.69. The molecule has 3 nitrogen and oxygen atoms in total. The Hall–Kier alpha value is -1.90. The number of carbonyl (C=O) groups excluding carboxylic acids is 1. The van der Waals surface area contributed by atoms with Crippen LogP contribution in [-0.4, -0.2) is 23.7 Å². The van der Waals surface area contributed by atoms with Crippen LogP contribution < -0.4 is 0 Å². The van der Waals surface area contributed by atoms with E-state index in [1.54, 1.807) is 35.5 Å². The molecule has 2 rings (SSSR count). The summed E-state index contributed by atoms with van der Waals surface area (Å²) in [4.78, 5) is 17.4.